The molecule has 1 aliphatic heterocycles. The molecule has 1 aliphatic rings. The quantitative estimate of drug-likeness (QED) is 0.728. The van der Waals surface area contributed by atoms with Crippen LogP contribution in [0, 0.1) is 0 Å². The van der Waals surface area contributed by atoms with Gasteiger partial charge in [-0.1, -0.05) is 42.1 Å². The monoisotopic (exact) mass is 232 g/mol. The SMILES string of the molecule is CC1([SiH2]C=Cc2ccccc2)CCCCO1. The van der Waals surface area contributed by atoms with E-state index in [4.69, 9.17) is 4.74 Å². The zero-order chi connectivity index (χ0) is 11.3. The van der Waals surface area contributed by atoms with E-state index < -0.39 is 0 Å². The van der Waals surface area contributed by atoms with Crippen LogP contribution in [0.4, 0.5) is 0 Å². The minimum Gasteiger partial charge on any atom is -0.379 e. The van der Waals surface area contributed by atoms with Gasteiger partial charge in [0.25, 0.3) is 0 Å². The minimum atomic E-state index is -0.278. The van der Waals surface area contributed by atoms with Crippen molar-refractivity contribution in [2.75, 3.05) is 6.61 Å². The van der Waals surface area contributed by atoms with E-state index in [0.29, 0.717) is 0 Å². The first kappa shape index (κ1) is 11.6. The van der Waals surface area contributed by atoms with Gasteiger partial charge in [0.2, 0.25) is 0 Å². The number of hydrogen-bond donors (Lipinski definition) is 0. The second-order valence-corrected chi connectivity index (χ2v) is 7.15. The molecule has 16 heavy (non-hydrogen) atoms. The fourth-order valence-electron chi connectivity index (χ4n) is 2.16. The minimum absolute atomic E-state index is 0.212. The van der Waals surface area contributed by atoms with Crippen molar-refractivity contribution >= 4 is 15.6 Å². The maximum absolute atomic E-state index is 5.91. The second kappa shape index (κ2) is 5.46. The topological polar surface area (TPSA) is 9.23 Å². The van der Waals surface area contributed by atoms with Crippen LogP contribution in [0.5, 0.6) is 0 Å². The lowest BCUT2D eigenvalue weighted by molar-refractivity contribution is -0.00624. The molecule has 0 saturated carbocycles. The molecule has 0 N–H and O–H groups in total. The fourth-order valence-corrected chi connectivity index (χ4v) is 3.77. The average Bonchev–Trinajstić information content (AvgIpc) is 2.31. The van der Waals surface area contributed by atoms with Gasteiger partial charge in [-0.25, -0.2) is 0 Å². The van der Waals surface area contributed by atoms with Crippen LogP contribution in [0.25, 0.3) is 6.08 Å². The highest BCUT2D eigenvalue weighted by Crippen LogP contribution is 2.23. The Balaban J connectivity index is 1.89. The van der Waals surface area contributed by atoms with E-state index in [1.54, 1.807) is 0 Å². The van der Waals surface area contributed by atoms with Crippen LogP contribution in [-0.2, 0) is 4.74 Å². The summed E-state index contributed by atoms with van der Waals surface area (Å²) in [6, 6.07) is 10.5. The summed E-state index contributed by atoms with van der Waals surface area (Å²) in [6.07, 6.45) is 6.07. The van der Waals surface area contributed by atoms with Gasteiger partial charge in [-0.2, -0.15) is 0 Å². The largest absolute Gasteiger partial charge is 0.379 e. The van der Waals surface area contributed by atoms with Crippen molar-refractivity contribution < 1.29 is 4.74 Å². The van der Waals surface area contributed by atoms with E-state index in [0.717, 1.165) is 6.61 Å². The first-order chi connectivity index (χ1) is 7.79. The summed E-state index contributed by atoms with van der Waals surface area (Å²) in [4.78, 5) is 0. The molecule has 0 spiro atoms. The van der Waals surface area contributed by atoms with E-state index in [-0.39, 0.29) is 14.7 Å². The van der Waals surface area contributed by atoms with E-state index >= 15 is 0 Å². The molecule has 1 saturated heterocycles. The van der Waals surface area contributed by atoms with E-state index in [1.807, 2.05) is 0 Å². The van der Waals surface area contributed by atoms with Gasteiger partial charge >= 0.3 is 0 Å². The van der Waals surface area contributed by atoms with E-state index in [2.05, 4.69) is 49.0 Å². The lowest BCUT2D eigenvalue weighted by Gasteiger charge is -2.32. The van der Waals surface area contributed by atoms with Gasteiger partial charge in [0.05, 0.1) is 14.7 Å². The third-order valence-corrected chi connectivity index (χ3v) is 5.10. The van der Waals surface area contributed by atoms with Crippen molar-refractivity contribution in [1.29, 1.82) is 0 Å². The second-order valence-electron chi connectivity index (χ2n) is 4.77. The molecular weight excluding hydrogens is 212 g/mol. The van der Waals surface area contributed by atoms with Gasteiger partial charge in [-0.15, -0.1) is 0 Å². The van der Waals surface area contributed by atoms with E-state index in [1.165, 1.54) is 24.8 Å². The van der Waals surface area contributed by atoms with Crippen LogP contribution >= 0.6 is 0 Å². The Bertz CT molecular complexity index is 339. The molecule has 86 valence electrons. The first-order valence-corrected chi connectivity index (χ1v) is 7.66. The van der Waals surface area contributed by atoms with Gasteiger partial charge < -0.3 is 4.74 Å². The molecule has 1 heterocycles. The Morgan fingerprint density at radius 1 is 1.25 bits per heavy atom. The van der Waals surface area contributed by atoms with Crippen molar-refractivity contribution in [1.82, 2.24) is 0 Å². The molecule has 1 atom stereocenters. The summed E-state index contributed by atoms with van der Waals surface area (Å²) >= 11 is 0. The van der Waals surface area contributed by atoms with Crippen molar-refractivity contribution in [3.05, 3.63) is 41.6 Å². The Labute approximate surface area is 100 Å². The third kappa shape index (κ3) is 3.32. The van der Waals surface area contributed by atoms with Crippen LogP contribution in [0.1, 0.15) is 31.7 Å². The third-order valence-electron chi connectivity index (χ3n) is 3.21. The molecule has 2 rings (SSSR count). The summed E-state index contributed by atoms with van der Waals surface area (Å²) in [5.41, 5.74) is 3.68. The molecule has 0 aliphatic carbocycles. The number of ether oxygens (including phenoxy) is 1. The number of benzene rings is 1. The van der Waals surface area contributed by atoms with Crippen LogP contribution in [0.15, 0.2) is 36.0 Å². The van der Waals surface area contributed by atoms with Gasteiger partial charge in [0.15, 0.2) is 0 Å². The van der Waals surface area contributed by atoms with Crippen LogP contribution < -0.4 is 0 Å². The molecule has 0 aromatic heterocycles. The van der Waals surface area contributed by atoms with Gasteiger partial charge in [0, 0.05) is 6.61 Å². The van der Waals surface area contributed by atoms with E-state index in [9.17, 15) is 0 Å². The zero-order valence-corrected chi connectivity index (χ0v) is 11.4. The predicted octanol–water partition coefficient (Wildman–Crippen LogP) is 2.74. The molecule has 1 nitrogen and oxygen atoms in total. The molecule has 0 amide bonds. The van der Waals surface area contributed by atoms with Gasteiger partial charge in [0.1, 0.15) is 0 Å². The Kier molecular flexibility index (Phi) is 3.96. The Morgan fingerprint density at radius 2 is 2.06 bits per heavy atom. The Morgan fingerprint density at radius 3 is 2.75 bits per heavy atom. The highest BCUT2D eigenvalue weighted by Gasteiger charge is 2.26. The average molecular weight is 232 g/mol. The fraction of sp³-hybridized carbons (Fsp3) is 0.429. The van der Waals surface area contributed by atoms with Gasteiger partial charge in [-0.05, 0) is 31.7 Å². The maximum Gasteiger partial charge on any atom is 0.0830 e. The number of rotatable bonds is 3. The maximum atomic E-state index is 5.91. The summed E-state index contributed by atoms with van der Waals surface area (Å²) in [7, 11) is -0.278. The molecule has 0 bridgehead atoms. The highest BCUT2D eigenvalue weighted by molar-refractivity contribution is 6.46. The van der Waals surface area contributed by atoms with Crippen molar-refractivity contribution in [2.45, 2.75) is 31.4 Å². The first-order valence-electron chi connectivity index (χ1n) is 6.14. The van der Waals surface area contributed by atoms with Gasteiger partial charge in [-0.3, -0.25) is 0 Å². The zero-order valence-electron chi connectivity index (χ0n) is 9.99. The summed E-state index contributed by atoms with van der Waals surface area (Å²) < 4.78 is 5.91. The van der Waals surface area contributed by atoms with Crippen LogP contribution in [0.2, 0.25) is 0 Å². The molecule has 1 unspecified atom stereocenters. The smallest absolute Gasteiger partial charge is 0.0830 e. The number of hydrogen-bond acceptors (Lipinski definition) is 1. The molecule has 2 heteroatoms. The predicted molar refractivity (Wildman–Crippen MR) is 72.2 cm³/mol. The summed E-state index contributed by atoms with van der Waals surface area (Å²) in [6.45, 7) is 3.25. The highest BCUT2D eigenvalue weighted by atomic mass is 28.2. The van der Waals surface area contributed by atoms with Crippen molar-refractivity contribution in [3.63, 3.8) is 0 Å². The van der Waals surface area contributed by atoms with Crippen molar-refractivity contribution in [3.8, 4) is 0 Å². The lowest BCUT2D eigenvalue weighted by Crippen LogP contribution is -2.38. The molecule has 1 fully saturated rings. The van der Waals surface area contributed by atoms with Crippen LogP contribution in [0.3, 0.4) is 0 Å². The normalized spacial score (nSPS) is 26.8. The molecular formula is C14H20OSi. The van der Waals surface area contributed by atoms with Crippen LogP contribution in [-0.4, -0.2) is 21.4 Å². The molecule has 0 radical (unpaired) electrons. The molecule has 1 aromatic rings. The van der Waals surface area contributed by atoms with Crippen molar-refractivity contribution in [2.24, 2.45) is 0 Å². The summed E-state index contributed by atoms with van der Waals surface area (Å²) in [5.74, 6) is 0. The summed E-state index contributed by atoms with van der Waals surface area (Å²) in [5, 5.41) is 0.212. The standard InChI is InChI=1S/C14H20OSi/c1-14(10-5-6-11-15-14)16-12-9-13-7-3-2-4-8-13/h2-4,7-9,12H,5-6,10-11,16H2,1H3. The molecule has 1 aromatic carbocycles. The Hall–Kier alpha value is -0.863. The lowest BCUT2D eigenvalue weighted by atomic mass is 10.1.